The van der Waals surface area contributed by atoms with Gasteiger partial charge in [0.05, 0.1) is 23.0 Å². The molecule has 7 nitrogen and oxygen atoms in total. The zero-order valence-electron chi connectivity index (χ0n) is 15.7. The maximum atomic E-state index is 12.5. The number of para-hydroxylation sites is 4. The van der Waals surface area contributed by atoms with Gasteiger partial charge < -0.3 is 19.5 Å². The van der Waals surface area contributed by atoms with Crippen molar-refractivity contribution in [1.82, 2.24) is 14.9 Å². The molecule has 0 unspecified atom stereocenters. The molecule has 0 aliphatic carbocycles. The number of hydrogen-bond acceptors (Lipinski definition) is 4. The van der Waals surface area contributed by atoms with E-state index in [0.29, 0.717) is 31.1 Å². The summed E-state index contributed by atoms with van der Waals surface area (Å²) in [7, 11) is 0. The van der Waals surface area contributed by atoms with Crippen molar-refractivity contribution < 1.29 is 14.3 Å². The summed E-state index contributed by atoms with van der Waals surface area (Å²) >= 11 is 0. The Kier molecular flexibility index (Phi) is 4.97. The first kappa shape index (κ1) is 18.0. The Balaban J connectivity index is 1.31. The Hall–Kier alpha value is -3.35. The van der Waals surface area contributed by atoms with Crippen molar-refractivity contribution in [2.75, 3.05) is 18.0 Å². The summed E-state index contributed by atoms with van der Waals surface area (Å²) in [6.07, 6.45) is 1.46. The molecule has 1 aromatic heterocycles. The fourth-order valence-corrected chi connectivity index (χ4v) is 3.40. The molecule has 0 bridgehead atoms. The number of hydrogen-bond donors (Lipinski definition) is 1. The smallest absolute Gasteiger partial charge is 0.267 e. The Morgan fingerprint density at radius 2 is 1.93 bits per heavy atom. The Labute approximate surface area is 162 Å². The number of carbonyl (C=O) groups excluding carboxylic acids is 2. The normalized spacial score (nSPS) is 16.0. The number of ether oxygens (including phenoxy) is 1. The zero-order chi connectivity index (χ0) is 19.5. The van der Waals surface area contributed by atoms with Crippen LogP contribution in [0.3, 0.4) is 0 Å². The van der Waals surface area contributed by atoms with E-state index in [1.54, 1.807) is 18.2 Å². The van der Waals surface area contributed by atoms with E-state index in [1.807, 2.05) is 53.1 Å². The van der Waals surface area contributed by atoms with Crippen molar-refractivity contribution in [2.24, 2.45) is 0 Å². The molecule has 2 heterocycles. The number of anilines is 1. The molecule has 1 atom stereocenters. The lowest BCUT2D eigenvalue weighted by atomic mass is 10.1. The summed E-state index contributed by atoms with van der Waals surface area (Å²) in [5.41, 5.74) is 2.69. The molecule has 4 rings (SSSR count). The van der Waals surface area contributed by atoms with Crippen LogP contribution in [-0.4, -0.2) is 40.6 Å². The van der Waals surface area contributed by atoms with Gasteiger partial charge in [-0.2, -0.15) is 0 Å². The van der Waals surface area contributed by atoms with Crippen LogP contribution in [0.4, 0.5) is 5.69 Å². The number of fused-ring (bicyclic) bond motifs is 2. The first-order valence-electron chi connectivity index (χ1n) is 9.37. The predicted molar refractivity (Wildman–Crippen MR) is 106 cm³/mol. The third-order valence-electron chi connectivity index (χ3n) is 4.84. The van der Waals surface area contributed by atoms with Crippen molar-refractivity contribution in [3.8, 4) is 5.75 Å². The van der Waals surface area contributed by atoms with Crippen molar-refractivity contribution in [3.63, 3.8) is 0 Å². The van der Waals surface area contributed by atoms with Crippen LogP contribution < -0.4 is 15.0 Å². The summed E-state index contributed by atoms with van der Waals surface area (Å²) in [6, 6.07) is 15.3. The highest BCUT2D eigenvalue weighted by molar-refractivity contribution is 6.00. The number of rotatable bonds is 6. The Morgan fingerprint density at radius 1 is 1.14 bits per heavy atom. The molecule has 0 radical (unpaired) electrons. The summed E-state index contributed by atoms with van der Waals surface area (Å²) < 4.78 is 7.63. The number of aromatic nitrogens is 2. The van der Waals surface area contributed by atoms with Crippen molar-refractivity contribution in [2.45, 2.75) is 26.0 Å². The number of imidazole rings is 1. The minimum Gasteiger partial charge on any atom is -0.479 e. The average molecular weight is 378 g/mol. The minimum absolute atomic E-state index is 0.0890. The lowest BCUT2D eigenvalue weighted by Crippen LogP contribution is -2.45. The first-order valence-corrected chi connectivity index (χ1v) is 9.37. The van der Waals surface area contributed by atoms with Crippen LogP contribution in [-0.2, 0) is 16.1 Å². The van der Waals surface area contributed by atoms with E-state index in [2.05, 4.69) is 10.3 Å². The molecular formula is C21H22N4O3. The van der Waals surface area contributed by atoms with E-state index in [9.17, 15) is 9.59 Å². The van der Waals surface area contributed by atoms with E-state index in [-0.39, 0.29) is 18.2 Å². The number of carbonyl (C=O) groups is 2. The van der Waals surface area contributed by atoms with Gasteiger partial charge in [0.25, 0.3) is 5.91 Å². The van der Waals surface area contributed by atoms with E-state index in [4.69, 9.17) is 4.74 Å². The number of amides is 2. The maximum Gasteiger partial charge on any atom is 0.267 e. The van der Waals surface area contributed by atoms with Gasteiger partial charge in [-0.3, -0.25) is 9.59 Å². The summed E-state index contributed by atoms with van der Waals surface area (Å²) in [5, 5.41) is 2.92. The second-order valence-corrected chi connectivity index (χ2v) is 6.74. The molecule has 2 amide bonds. The summed E-state index contributed by atoms with van der Waals surface area (Å²) in [6.45, 7) is 3.19. The Bertz CT molecular complexity index is 1010. The minimum atomic E-state index is -0.549. The van der Waals surface area contributed by atoms with E-state index in [0.717, 1.165) is 11.0 Å². The summed E-state index contributed by atoms with van der Waals surface area (Å²) in [4.78, 5) is 30.7. The average Bonchev–Trinajstić information content (AvgIpc) is 3.12. The monoisotopic (exact) mass is 378 g/mol. The van der Waals surface area contributed by atoms with E-state index >= 15 is 0 Å². The number of nitrogens with one attached hydrogen (secondary N) is 1. The van der Waals surface area contributed by atoms with Gasteiger partial charge >= 0.3 is 0 Å². The lowest BCUT2D eigenvalue weighted by Gasteiger charge is -2.32. The lowest BCUT2D eigenvalue weighted by molar-refractivity contribution is -0.125. The van der Waals surface area contributed by atoms with Gasteiger partial charge in [-0.15, -0.1) is 0 Å². The molecule has 2 aromatic carbocycles. The molecule has 144 valence electrons. The fraction of sp³-hybridized carbons (Fsp3) is 0.286. The molecule has 3 aromatic rings. The van der Waals surface area contributed by atoms with E-state index in [1.165, 1.54) is 0 Å². The molecule has 1 N–H and O–H groups in total. The molecule has 1 aliphatic rings. The molecule has 0 spiro atoms. The highest BCUT2D eigenvalue weighted by Crippen LogP contribution is 2.33. The van der Waals surface area contributed by atoms with Gasteiger partial charge in [0.15, 0.2) is 6.10 Å². The van der Waals surface area contributed by atoms with Crippen LogP contribution in [0.5, 0.6) is 5.75 Å². The van der Waals surface area contributed by atoms with Crippen LogP contribution in [0.25, 0.3) is 11.0 Å². The van der Waals surface area contributed by atoms with Crippen LogP contribution in [0.15, 0.2) is 54.9 Å². The third kappa shape index (κ3) is 3.55. The van der Waals surface area contributed by atoms with Gasteiger partial charge in [-0.1, -0.05) is 24.3 Å². The molecule has 7 heteroatoms. The highest BCUT2D eigenvalue weighted by Gasteiger charge is 2.31. The second kappa shape index (κ2) is 7.72. The number of nitrogens with zero attached hydrogens (tertiary/aromatic N) is 3. The van der Waals surface area contributed by atoms with E-state index < -0.39 is 6.10 Å². The maximum absolute atomic E-state index is 12.5. The van der Waals surface area contributed by atoms with Gasteiger partial charge in [0.2, 0.25) is 5.91 Å². The van der Waals surface area contributed by atoms with Crippen LogP contribution in [0.1, 0.15) is 13.3 Å². The first-order chi connectivity index (χ1) is 13.6. The highest BCUT2D eigenvalue weighted by atomic mass is 16.5. The molecule has 1 aliphatic heterocycles. The molecular weight excluding hydrogens is 356 g/mol. The van der Waals surface area contributed by atoms with Gasteiger partial charge in [-0.25, -0.2) is 4.98 Å². The molecule has 0 saturated heterocycles. The molecule has 0 fully saturated rings. The SMILES string of the molecule is C[C@@H]1Oc2ccccc2N(CCC(=O)NCCn2cnc3ccccc32)C1=O. The topological polar surface area (TPSA) is 76.5 Å². The largest absolute Gasteiger partial charge is 0.479 e. The van der Waals surface area contributed by atoms with Crippen molar-refractivity contribution in [3.05, 3.63) is 54.9 Å². The molecule has 0 saturated carbocycles. The zero-order valence-corrected chi connectivity index (χ0v) is 15.7. The fourth-order valence-electron chi connectivity index (χ4n) is 3.40. The standard InChI is InChI=1S/C21H22N4O3/c1-15-21(27)25(18-8-4-5-9-19(18)28-15)12-10-20(26)22-11-13-24-14-23-16-6-2-3-7-17(16)24/h2-9,14-15H,10-13H2,1H3,(H,22,26)/t15-/m0/s1. The quantitative estimate of drug-likeness (QED) is 0.714. The predicted octanol–water partition coefficient (Wildman–Crippen LogP) is 2.36. The van der Waals surface area contributed by atoms with Crippen molar-refractivity contribution in [1.29, 1.82) is 0 Å². The van der Waals surface area contributed by atoms with Crippen LogP contribution in [0.2, 0.25) is 0 Å². The van der Waals surface area contributed by atoms with Gasteiger partial charge in [0.1, 0.15) is 5.75 Å². The second-order valence-electron chi connectivity index (χ2n) is 6.74. The molecule has 28 heavy (non-hydrogen) atoms. The number of benzene rings is 2. The summed E-state index contributed by atoms with van der Waals surface area (Å²) in [5.74, 6) is 0.451. The Morgan fingerprint density at radius 3 is 2.82 bits per heavy atom. The van der Waals surface area contributed by atoms with Gasteiger partial charge in [0, 0.05) is 26.1 Å². The van der Waals surface area contributed by atoms with Crippen molar-refractivity contribution >= 4 is 28.5 Å². The van der Waals surface area contributed by atoms with Crippen LogP contribution in [0, 0.1) is 0 Å². The third-order valence-corrected chi connectivity index (χ3v) is 4.84. The van der Waals surface area contributed by atoms with Gasteiger partial charge in [-0.05, 0) is 31.2 Å². The van der Waals surface area contributed by atoms with Crippen LogP contribution >= 0.6 is 0 Å².